The highest BCUT2D eigenvalue weighted by molar-refractivity contribution is 9.10. The average Bonchev–Trinajstić information content (AvgIpc) is 2.44. The Morgan fingerprint density at radius 3 is 2.85 bits per heavy atom. The minimum Gasteiger partial charge on any atom is -0.493 e. The molecule has 1 heterocycles. The third kappa shape index (κ3) is 2.65. The molecule has 2 atom stereocenters. The highest BCUT2D eigenvalue weighted by atomic mass is 79.9. The molecule has 0 amide bonds. The summed E-state index contributed by atoms with van der Waals surface area (Å²) in [6, 6.07) is 14.2. The van der Waals surface area contributed by atoms with E-state index in [9.17, 15) is 0 Å². The normalized spacial score (nSPS) is 20.9. The molecule has 20 heavy (non-hydrogen) atoms. The van der Waals surface area contributed by atoms with E-state index in [0.29, 0.717) is 5.92 Å². The van der Waals surface area contributed by atoms with Crippen LogP contribution in [0.3, 0.4) is 0 Å². The summed E-state index contributed by atoms with van der Waals surface area (Å²) in [5.74, 6) is 1.36. The van der Waals surface area contributed by atoms with Crippen molar-refractivity contribution in [1.29, 1.82) is 0 Å². The number of benzene rings is 2. The van der Waals surface area contributed by atoms with E-state index in [4.69, 9.17) is 16.3 Å². The first-order valence-corrected chi connectivity index (χ1v) is 7.75. The Kier molecular flexibility index (Phi) is 3.90. The van der Waals surface area contributed by atoms with E-state index in [0.717, 1.165) is 27.5 Å². The first kappa shape index (κ1) is 13.8. The van der Waals surface area contributed by atoms with Crippen LogP contribution >= 0.6 is 27.5 Å². The number of anilines is 1. The molecule has 0 aliphatic carbocycles. The molecule has 0 aromatic heterocycles. The highest BCUT2D eigenvalue weighted by Crippen LogP contribution is 2.39. The van der Waals surface area contributed by atoms with Crippen LogP contribution in [-0.4, -0.2) is 6.61 Å². The first-order valence-electron chi connectivity index (χ1n) is 6.58. The molecule has 4 heteroatoms. The van der Waals surface area contributed by atoms with Crippen molar-refractivity contribution in [2.75, 3.05) is 11.9 Å². The van der Waals surface area contributed by atoms with Gasteiger partial charge >= 0.3 is 0 Å². The van der Waals surface area contributed by atoms with Gasteiger partial charge in [-0.25, -0.2) is 0 Å². The lowest BCUT2D eigenvalue weighted by atomic mass is 9.92. The number of fused-ring (bicyclic) bond motifs is 1. The largest absolute Gasteiger partial charge is 0.493 e. The number of hydrogen-bond donors (Lipinski definition) is 1. The van der Waals surface area contributed by atoms with E-state index in [2.05, 4.69) is 34.2 Å². The van der Waals surface area contributed by atoms with E-state index in [1.807, 2.05) is 36.4 Å². The topological polar surface area (TPSA) is 21.3 Å². The highest BCUT2D eigenvalue weighted by Gasteiger charge is 2.27. The second-order valence-electron chi connectivity index (χ2n) is 5.07. The fraction of sp³-hybridized carbons (Fsp3) is 0.250. The number of hydrogen-bond acceptors (Lipinski definition) is 2. The van der Waals surface area contributed by atoms with E-state index >= 15 is 0 Å². The molecule has 0 bridgehead atoms. The SMILES string of the molecule is CC1COc2ccccc2C1Nc1ccc(Cl)cc1Br. The van der Waals surface area contributed by atoms with Crippen molar-refractivity contribution in [2.24, 2.45) is 5.92 Å². The second-order valence-corrected chi connectivity index (χ2v) is 6.36. The molecule has 2 nitrogen and oxygen atoms in total. The summed E-state index contributed by atoms with van der Waals surface area (Å²) in [6.07, 6.45) is 0. The van der Waals surface area contributed by atoms with Crippen LogP contribution in [0.4, 0.5) is 5.69 Å². The molecule has 0 spiro atoms. The lowest BCUT2D eigenvalue weighted by Crippen LogP contribution is -2.28. The summed E-state index contributed by atoms with van der Waals surface area (Å²) in [4.78, 5) is 0. The van der Waals surface area contributed by atoms with Crippen molar-refractivity contribution < 1.29 is 4.74 Å². The third-order valence-electron chi connectivity index (χ3n) is 3.57. The van der Waals surface area contributed by atoms with Gasteiger partial charge in [-0.05, 0) is 40.2 Å². The van der Waals surface area contributed by atoms with Crippen LogP contribution in [0.5, 0.6) is 5.75 Å². The lowest BCUT2D eigenvalue weighted by Gasteiger charge is -2.33. The Bertz CT molecular complexity index is 632. The maximum absolute atomic E-state index is 5.99. The summed E-state index contributed by atoms with van der Waals surface area (Å²) in [7, 11) is 0. The maximum atomic E-state index is 5.99. The van der Waals surface area contributed by atoms with Gasteiger partial charge in [0.1, 0.15) is 5.75 Å². The fourth-order valence-electron chi connectivity index (χ4n) is 2.49. The summed E-state index contributed by atoms with van der Waals surface area (Å²) >= 11 is 9.55. The molecule has 0 saturated carbocycles. The van der Waals surface area contributed by atoms with Crippen LogP contribution in [0.2, 0.25) is 5.02 Å². The summed E-state index contributed by atoms with van der Waals surface area (Å²) in [5, 5.41) is 4.32. The standard InChI is InChI=1S/C16H15BrClNO/c1-10-9-20-15-5-3-2-4-12(15)16(10)19-14-7-6-11(18)8-13(14)17/h2-8,10,16,19H,9H2,1H3. The first-order chi connectivity index (χ1) is 9.65. The van der Waals surface area contributed by atoms with Crippen molar-refractivity contribution in [1.82, 2.24) is 0 Å². The summed E-state index contributed by atoms with van der Waals surface area (Å²) in [6.45, 7) is 2.91. The van der Waals surface area contributed by atoms with Crippen molar-refractivity contribution in [2.45, 2.75) is 13.0 Å². The van der Waals surface area contributed by atoms with E-state index in [1.165, 1.54) is 5.56 Å². The zero-order valence-corrected chi connectivity index (χ0v) is 13.4. The Hall–Kier alpha value is -1.19. The zero-order valence-electron chi connectivity index (χ0n) is 11.1. The molecule has 0 radical (unpaired) electrons. The third-order valence-corrected chi connectivity index (χ3v) is 4.46. The summed E-state index contributed by atoms with van der Waals surface area (Å²) in [5.41, 5.74) is 2.25. The van der Waals surface area contributed by atoms with Gasteiger partial charge in [-0.1, -0.05) is 36.7 Å². The molecular formula is C16H15BrClNO. The second kappa shape index (κ2) is 5.66. The quantitative estimate of drug-likeness (QED) is 0.793. The fourth-order valence-corrected chi connectivity index (χ4v) is 3.28. The average molecular weight is 353 g/mol. The van der Waals surface area contributed by atoms with Gasteiger partial charge in [0.15, 0.2) is 0 Å². The van der Waals surface area contributed by atoms with Crippen LogP contribution in [0.25, 0.3) is 0 Å². The van der Waals surface area contributed by atoms with Gasteiger partial charge in [-0.2, -0.15) is 0 Å². The Labute approximate surface area is 132 Å². The molecule has 2 aromatic carbocycles. The lowest BCUT2D eigenvalue weighted by molar-refractivity contribution is 0.214. The number of para-hydroxylation sites is 1. The molecule has 0 fully saturated rings. The molecular weight excluding hydrogens is 338 g/mol. The van der Waals surface area contributed by atoms with Crippen molar-refractivity contribution >= 4 is 33.2 Å². The van der Waals surface area contributed by atoms with Gasteiger partial charge in [0, 0.05) is 26.7 Å². The van der Waals surface area contributed by atoms with Crippen LogP contribution < -0.4 is 10.1 Å². The smallest absolute Gasteiger partial charge is 0.124 e. The van der Waals surface area contributed by atoms with E-state index < -0.39 is 0 Å². The number of halogens is 2. The Morgan fingerprint density at radius 1 is 1.25 bits per heavy atom. The van der Waals surface area contributed by atoms with Crippen molar-refractivity contribution in [3.05, 3.63) is 57.5 Å². The summed E-state index contributed by atoms with van der Waals surface area (Å²) < 4.78 is 6.75. The van der Waals surface area contributed by atoms with Gasteiger partial charge < -0.3 is 10.1 Å². The molecule has 3 rings (SSSR count). The number of rotatable bonds is 2. The van der Waals surface area contributed by atoms with Gasteiger partial charge in [-0.3, -0.25) is 0 Å². The molecule has 1 aliphatic rings. The van der Waals surface area contributed by atoms with Gasteiger partial charge in [0.05, 0.1) is 12.6 Å². The number of ether oxygens (including phenoxy) is 1. The zero-order chi connectivity index (χ0) is 14.1. The van der Waals surface area contributed by atoms with Crippen molar-refractivity contribution in [3.8, 4) is 5.75 Å². The van der Waals surface area contributed by atoms with Gasteiger partial charge in [-0.15, -0.1) is 0 Å². The van der Waals surface area contributed by atoms with Crippen LogP contribution in [0.1, 0.15) is 18.5 Å². The molecule has 2 aromatic rings. The molecule has 1 aliphatic heterocycles. The monoisotopic (exact) mass is 351 g/mol. The van der Waals surface area contributed by atoms with Crippen LogP contribution in [-0.2, 0) is 0 Å². The minimum absolute atomic E-state index is 0.234. The predicted octanol–water partition coefficient (Wildman–Crippen LogP) is 5.28. The molecule has 2 unspecified atom stereocenters. The van der Waals surface area contributed by atoms with Crippen LogP contribution in [0.15, 0.2) is 46.9 Å². The van der Waals surface area contributed by atoms with E-state index in [1.54, 1.807) is 0 Å². The molecule has 1 N–H and O–H groups in total. The van der Waals surface area contributed by atoms with E-state index in [-0.39, 0.29) is 6.04 Å². The minimum atomic E-state index is 0.234. The number of nitrogens with one attached hydrogen (secondary N) is 1. The van der Waals surface area contributed by atoms with Gasteiger partial charge in [0.2, 0.25) is 0 Å². The van der Waals surface area contributed by atoms with Crippen LogP contribution in [0, 0.1) is 5.92 Å². The molecule has 104 valence electrons. The Morgan fingerprint density at radius 2 is 2.05 bits per heavy atom. The predicted molar refractivity (Wildman–Crippen MR) is 86.6 cm³/mol. The van der Waals surface area contributed by atoms with Gasteiger partial charge in [0.25, 0.3) is 0 Å². The molecule has 0 saturated heterocycles. The maximum Gasteiger partial charge on any atom is 0.124 e. The Balaban J connectivity index is 1.93. The van der Waals surface area contributed by atoms with Crippen molar-refractivity contribution in [3.63, 3.8) is 0 Å².